The van der Waals surface area contributed by atoms with Gasteiger partial charge in [-0.1, -0.05) is 78.8 Å². The van der Waals surface area contributed by atoms with Crippen LogP contribution >= 0.6 is 15.2 Å². The van der Waals surface area contributed by atoms with Gasteiger partial charge in [0.2, 0.25) is 12.7 Å². The summed E-state index contributed by atoms with van der Waals surface area (Å²) < 4.78 is 69.6. The average molecular weight is 1430 g/mol. The maximum atomic E-state index is 15.0. The van der Waals surface area contributed by atoms with E-state index in [0.717, 1.165) is 11.4 Å². The van der Waals surface area contributed by atoms with Crippen LogP contribution in [-0.2, 0) is 67.9 Å². The van der Waals surface area contributed by atoms with Crippen molar-refractivity contribution in [2.24, 2.45) is 39.6 Å². The number of aliphatic hydroxyl groups is 1. The molecule has 0 saturated carbocycles. The van der Waals surface area contributed by atoms with Crippen LogP contribution in [0, 0.1) is 36.5 Å². The van der Waals surface area contributed by atoms with Crippen molar-refractivity contribution in [2.45, 2.75) is 162 Å². The molecule has 1 saturated heterocycles. The lowest BCUT2D eigenvalue weighted by molar-refractivity contribution is -0.167. The monoisotopic (exact) mass is 1430 g/mol. The maximum Gasteiger partial charge on any atom is 0.410 e. The summed E-state index contributed by atoms with van der Waals surface area (Å²) >= 11 is 0. The third kappa shape index (κ3) is 18.8. The minimum Gasteiger partial charge on any atom is -0.507 e. The first kappa shape index (κ1) is 78.5. The number of nitrogens with zero attached hydrogens (tertiary/aromatic N) is 4. The number of carbonyl (C=O) groups excluding carboxylic acids is 7. The van der Waals surface area contributed by atoms with Crippen molar-refractivity contribution in [1.82, 2.24) is 15.1 Å². The number of rotatable bonds is 21. The van der Waals surface area contributed by atoms with E-state index < -0.39 is 159 Å². The van der Waals surface area contributed by atoms with Crippen LogP contribution < -0.4 is 30.8 Å². The Kier molecular flexibility index (Phi) is 25.9. The molecule has 5 bridgehead atoms. The van der Waals surface area contributed by atoms with Crippen molar-refractivity contribution in [1.29, 1.82) is 0 Å². The number of fused-ring (bicyclic) bond motifs is 13. The van der Waals surface area contributed by atoms with Crippen LogP contribution in [0.25, 0.3) is 10.8 Å². The normalized spacial score (nSPS) is 25.0. The number of hydrogen-bond donors (Lipinski definition) is 9. The van der Waals surface area contributed by atoms with E-state index in [-0.39, 0.29) is 81.2 Å². The van der Waals surface area contributed by atoms with Crippen LogP contribution in [0.15, 0.2) is 70.4 Å². The summed E-state index contributed by atoms with van der Waals surface area (Å²) in [5.41, 5.74) is -0.250. The molecule has 9 N–H and O–H groups in total. The molecule has 32 heteroatoms. The van der Waals surface area contributed by atoms with E-state index in [2.05, 4.69) is 34.4 Å². The summed E-state index contributed by atoms with van der Waals surface area (Å²) in [4.78, 5) is 147. The molecule has 1 spiro atoms. The Morgan fingerprint density at radius 2 is 1.53 bits per heavy atom. The van der Waals surface area contributed by atoms with Gasteiger partial charge in [-0.05, 0) is 56.4 Å². The van der Waals surface area contributed by atoms with Crippen molar-refractivity contribution in [3.05, 3.63) is 87.8 Å². The third-order valence-electron chi connectivity index (χ3n) is 18.2. The summed E-state index contributed by atoms with van der Waals surface area (Å²) in [5, 5.41) is 40.4. The molecule has 1 fully saturated rings. The standard InChI is InChI=1S/C67H92N6O24P2/c1-14-47(75)92-34-93-65(83)68-45(31-43-20-22-44(23-21-43)91-29-16-19-49(98(84,85)86)99(87,88)89)64(82)72(12)33-48(76)96-59-36(4)17-15-18-37(5)63(81)69-55-54-53(70-67(71-54)25-27-73(28-26-67)32-35(2)3)50-51(58(55)79)57(78)41(9)61-52(50)62(80)66(11,97-61)94-30-24-46(90-13)38(6)60(95-42(10)74)40(8)56(77)39(59)7/h15,17-18,20-24,30,35-36,38-40,45-46,49,56,59-60,70,77-79H,14,16,19,25-29,31-34H2,1-13H3,(H,68,83)(H2,84,85,86)(H2,87,88,89)/b17-15+,30-24+,37-18-,69-55?/t36-,38+,39-,40+,45+,46-,56+,59-,60+,66-/m0/s1. The number of methoxy groups -OCH3 is 1. The topological polar surface area (TPSA) is 424 Å². The fraction of sp³-hybridized carbons (Fsp3) is 0.567. The number of benzene rings is 3. The van der Waals surface area contributed by atoms with E-state index in [1.807, 2.05) is 0 Å². The van der Waals surface area contributed by atoms with Crippen molar-refractivity contribution in [2.75, 3.05) is 59.1 Å². The Morgan fingerprint density at radius 1 is 0.879 bits per heavy atom. The number of anilines is 1. The zero-order chi connectivity index (χ0) is 73.4. The number of likely N-dealkylation sites (N-methyl/N-ethyl adjacent to an activating group) is 1. The lowest BCUT2D eigenvalue weighted by Crippen LogP contribution is -2.51. The van der Waals surface area contributed by atoms with Gasteiger partial charge in [0.1, 0.15) is 58.4 Å². The highest BCUT2D eigenvalue weighted by Gasteiger charge is 2.51. The molecule has 10 atom stereocenters. The first-order valence-corrected chi connectivity index (χ1v) is 36.0. The summed E-state index contributed by atoms with van der Waals surface area (Å²) in [6.45, 7) is 18.2. The molecule has 3 aromatic carbocycles. The molecule has 0 unspecified atom stereocenters. The minimum atomic E-state index is -5.15. The summed E-state index contributed by atoms with van der Waals surface area (Å²) in [6.07, 6.45) is 1.21. The fourth-order valence-electron chi connectivity index (χ4n) is 12.7. The quantitative estimate of drug-likeness (QED) is 0.0151. The summed E-state index contributed by atoms with van der Waals surface area (Å²) in [6, 6.07) is 4.48. The number of phenolic OH excluding ortho intramolecular Hbond substituents is 2. The number of phenols is 2. The van der Waals surface area contributed by atoms with E-state index in [4.69, 9.17) is 42.9 Å². The minimum absolute atomic E-state index is 0.0282. The predicted molar refractivity (Wildman–Crippen MR) is 357 cm³/mol. The lowest BCUT2D eigenvalue weighted by Gasteiger charge is -2.39. The number of likely N-dealkylation sites (tertiary alicyclic amines) is 1. The van der Waals surface area contributed by atoms with Crippen LogP contribution in [0.5, 0.6) is 23.0 Å². The molecule has 544 valence electrons. The lowest BCUT2D eigenvalue weighted by atomic mass is 9.78. The van der Waals surface area contributed by atoms with Gasteiger partial charge in [0.05, 0.1) is 41.7 Å². The molecule has 0 aromatic heterocycles. The number of allylic oxidation sites excluding steroid dienone is 2. The average Bonchev–Trinajstić information content (AvgIpc) is 1.56. The Labute approximate surface area is 573 Å². The van der Waals surface area contributed by atoms with Crippen LogP contribution in [0.1, 0.15) is 123 Å². The summed E-state index contributed by atoms with van der Waals surface area (Å²) in [5.74, 6) is -11.0. The first-order valence-electron chi connectivity index (χ1n) is 32.6. The van der Waals surface area contributed by atoms with E-state index in [1.165, 1.54) is 97.5 Å². The van der Waals surface area contributed by atoms with Gasteiger partial charge in [0.15, 0.2) is 11.1 Å². The van der Waals surface area contributed by atoms with Gasteiger partial charge < -0.3 is 93.2 Å². The third-order valence-corrected chi connectivity index (χ3v) is 22.1. The van der Waals surface area contributed by atoms with E-state index in [0.29, 0.717) is 37.4 Å². The van der Waals surface area contributed by atoms with Gasteiger partial charge in [0.25, 0.3) is 11.7 Å². The van der Waals surface area contributed by atoms with Gasteiger partial charge >= 0.3 is 45.0 Å². The number of hydrogen-bond acceptors (Lipinski definition) is 23. The van der Waals surface area contributed by atoms with Gasteiger partial charge in [-0.3, -0.25) is 42.9 Å². The molecular formula is C67H92N6O24P2. The SMILES string of the molecule is CCC(=O)OCOC(=O)N[C@H](Cc1ccc(OCCCC(P(=O)(O)O)P(=O)(O)O)cc1)C(=O)N(C)CC(=O)O[C@@H]1[C@@H](C)[C@@H](O)[C@@H](C)[C@H](OC(C)=O)[C@H](C)[C@@H](OC)/C=C/O[C@@]2(C)Oc3c(C)c(O)c4c(O)c(c5c(c4c3C2=O)NC2(CCN(CC(C)C)CC2)N=5)=NC(=O)/C(C)=C\C=C\[C@@H]1C. The molecule has 5 heterocycles. The number of aliphatic hydroxyl groups excluding tert-OH is 1. The van der Waals surface area contributed by atoms with Crippen molar-refractivity contribution < 1.29 is 115 Å². The van der Waals surface area contributed by atoms with E-state index in [9.17, 15) is 72.8 Å². The van der Waals surface area contributed by atoms with Gasteiger partial charge in [-0.15, -0.1) is 0 Å². The van der Waals surface area contributed by atoms with E-state index in [1.54, 1.807) is 33.8 Å². The van der Waals surface area contributed by atoms with Crippen molar-refractivity contribution >= 4 is 73.3 Å². The van der Waals surface area contributed by atoms with Crippen LogP contribution in [0.3, 0.4) is 0 Å². The molecule has 99 heavy (non-hydrogen) atoms. The number of nitrogens with one attached hydrogen (secondary N) is 2. The zero-order valence-electron chi connectivity index (χ0n) is 57.8. The smallest absolute Gasteiger partial charge is 0.410 e. The molecule has 0 radical (unpaired) electrons. The second-order valence-corrected chi connectivity index (χ2v) is 30.3. The molecule has 3 aromatic rings. The highest BCUT2D eigenvalue weighted by Crippen LogP contribution is 2.61. The largest absolute Gasteiger partial charge is 0.507 e. The molecule has 5 aliphatic heterocycles. The molecular weight excluding hydrogens is 1330 g/mol. The molecule has 30 nitrogen and oxygen atoms in total. The Morgan fingerprint density at radius 3 is 2.13 bits per heavy atom. The number of Topliss-reactive ketones (excluding diaryl/α,β-unsaturated/α-hetero) is 1. The van der Waals surface area contributed by atoms with Crippen molar-refractivity contribution in [3.63, 3.8) is 0 Å². The Bertz CT molecular complexity index is 3840. The number of ketones is 1. The summed E-state index contributed by atoms with van der Waals surface area (Å²) in [7, 11) is -7.66. The number of aromatic hydroxyl groups is 2. The highest BCUT2D eigenvalue weighted by atomic mass is 31.2. The number of esters is 3. The van der Waals surface area contributed by atoms with Crippen LogP contribution in [0.2, 0.25) is 0 Å². The molecule has 0 aliphatic carbocycles. The fourth-order valence-corrected chi connectivity index (χ4v) is 15.4. The molecule has 5 aliphatic rings. The second kappa shape index (κ2) is 32.7. The Hall–Kier alpha value is -7.79. The Balaban J connectivity index is 1.23. The van der Waals surface area contributed by atoms with E-state index >= 15 is 4.79 Å². The van der Waals surface area contributed by atoms with Gasteiger partial charge in [-0.2, -0.15) is 0 Å². The molecule has 8 rings (SSSR count). The van der Waals surface area contributed by atoms with Gasteiger partial charge in [-0.25, -0.2) is 9.79 Å². The second-order valence-electron chi connectivity index (χ2n) is 26.3. The number of alkyl carbamates (subject to hydrolysis) is 1. The highest BCUT2D eigenvalue weighted by molar-refractivity contribution is 7.70. The number of piperidine rings is 1. The van der Waals surface area contributed by atoms with Gasteiger partial charge in [0, 0.05) is 114 Å². The van der Waals surface area contributed by atoms with Crippen LogP contribution in [-0.4, -0.2) is 187 Å². The first-order chi connectivity index (χ1) is 46.3. The van der Waals surface area contributed by atoms with Crippen molar-refractivity contribution in [3.8, 4) is 23.0 Å². The predicted octanol–water partition coefficient (Wildman–Crippen LogP) is 5.85. The number of ether oxygens (including phenoxy) is 8. The maximum absolute atomic E-state index is 15.0. The number of amides is 3. The van der Waals surface area contributed by atoms with Crippen LogP contribution in [0.4, 0.5) is 10.5 Å². The zero-order valence-corrected chi connectivity index (χ0v) is 59.6. The number of carbonyl (C=O) groups is 7. The molecule has 3 amide bonds.